The molecule has 1 fully saturated rings. The third-order valence-electron chi connectivity index (χ3n) is 3.76. The van der Waals surface area contributed by atoms with Crippen LogP contribution in [-0.2, 0) is 6.42 Å². The Morgan fingerprint density at radius 2 is 2.11 bits per heavy atom. The van der Waals surface area contributed by atoms with E-state index in [1.165, 1.54) is 25.7 Å². The van der Waals surface area contributed by atoms with Gasteiger partial charge in [0, 0.05) is 24.2 Å². The number of nitrogens with two attached hydrogens (primary N) is 1. The Morgan fingerprint density at radius 1 is 1.33 bits per heavy atom. The molecule has 4 nitrogen and oxygen atoms in total. The summed E-state index contributed by atoms with van der Waals surface area (Å²) in [5.41, 5.74) is 6.89. The maximum Gasteiger partial charge on any atom is 0.130 e. The first-order valence-corrected chi connectivity index (χ1v) is 7.04. The van der Waals surface area contributed by atoms with Crippen LogP contribution in [0, 0.1) is 12.8 Å². The Kier molecular flexibility index (Phi) is 4.53. The fraction of sp³-hybridized carbons (Fsp3) is 0.714. The lowest BCUT2D eigenvalue weighted by Crippen LogP contribution is -2.37. The number of anilines is 1. The Morgan fingerprint density at radius 3 is 2.83 bits per heavy atom. The van der Waals surface area contributed by atoms with E-state index in [2.05, 4.69) is 22.2 Å². The minimum atomic E-state index is 0.475. The molecule has 0 bridgehead atoms. The molecule has 0 amide bonds. The fourth-order valence-corrected chi connectivity index (χ4v) is 2.73. The van der Waals surface area contributed by atoms with Crippen LogP contribution in [0.5, 0.6) is 0 Å². The van der Waals surface area contributed by atoms with E-state index in [1.54, 1.807) is 0 Å². The van der Waals surface area contributed by atoms with E-state index in [0.29, 0.717) is 12.0 Å². The summed E-state index contributed by atoms with van der Waals surface area (Å²) in [5, 5.41) is 3.57. The van der Waals surface area contributed by atoms with Crippen LogP contribution in [-0.4, -0.2) is 22.6 Å². The first-order valence-electron chi connectivity index (χ1n) is 7.04. The van der Waals surface area contributed by atoms with Gasteiger partial charge in [0.15, 0.2) is 0 Å². The summed E-state index contributed by atoms with van der Waals surface area (Å²) < 4.78 is 0. The zero-order valence-corrected chi connectivity index (χ0v) is 11.4. The van der Waals surface area contributed by atoms with Gasteiger partial charge < -0.3 is 11.1 Å². The highest BCUT2D eigenvalue weighted by molar-refractivity contribution is 5.37. The second-order valence-electron chi connectivity index (χ2n) is 5.20. The van der Waals surface area contributed by atoms with Gasteiger partial charge >= 0.3 is 0 Å². The number of nitrogens with one attached hydrogen (secondary N) is 1. The summed E-state index contributed by atoms with van der Waals surface area (Å²) in [6, 6.07) is 2.50. The highest BCUT2D eigenvalue weighted by Crippen LogP contribution is 2.26. The maximum absolute atomic E-state index is 5.86. The molecule has 1 aromatic rings. The fourth-order valence-electron chi connectivity index (χ4n) is 2.73. The molecule has 4 heteroatoms. The molecule has 1 aliphatic carbocycles. The van der Waals surface area contributed by atoms with Crippen LogP contribution in [0.1, 0.15) is 44.1 Å². The molecule has 0 saturated heterocycles. The summed E-state index contributed by atoms with van der Waals surface area (Å²) in [5.74, 6) is 2.46. The van der Waals surface area contributed by atoms with Crippen LogP contribution < -0.4 is 11.1 Å². The Labute approximate surface area is 109 Å². The number of hydrogen-bond donors (Lipinski definition) is 2. The smallest absolute Gasteiger partial charge is 0.130 e. The SMILES string of the molecule is CCc1nc(C)cc(NC2CCCCC2CN)n1. The molecule has 3 N–H and O–H groups in total. The molecular formula is C14H24N4. The van der Waals surface area contributed by atoms with Gasteiger partial charge in [0.1, 0.15) is 11.6 Å². The predicted octanol–water partition coefficient (Wildman–Crippen LogP) is 2.28. The molecule has 2 rings (SSSR count). The van der Waals surface area contributed by atoms with Gasteiger partial charge in [0.2, 0.25) is 0 Å². The van der Waals surface area contributed by atoms with E-state index < -0.39 is 0 Å². The molecular weight excluding hydrogens is 224 g/mol. The van der Waals surface area contributed by atoms with Crippen LogP contribution in [0.3, 0.4) is 0 Å². The van der Waals surface area contributed by atoms with Crippen molar-refractivity contribution in [3.05, 3.63) is 17.6 Å². The quantitative estimate of drug-likeness (QED) is 0.858. The lowest BCUT2D eigenvalue weighted by atomic mass is 9.84. The second-order valence-corrected chi connectivity index (χ2v) is 5.20. The van der Waals surface area contributed by atoms with Gasteiger partial charge in [-0.05, 0) is 32.2 Å². The highest BCUT2D eigenvalue weighted by Gasteiger charge is 2.24. The number of aromatic nitrogens is 2. The summed E-state index contributed by atoms with van der Waals surface area (Å²) in [7, 11) is 0. The average Bonchev–Trinajstić information content (AvgIpc) is 2.38. The zero-order valence-electron chi connectivity index (χ0n) is 11.4. The van der Waals surface area contributed by atoms with Crippen molar-refractivity contribution in [3.8, 4) is 0 Å². The third kappa shape index (κ3) is 3.19. The van der Waals surface area contributed by atoms with E-state index in [-0.39, 0.29) is 0 Å². The van der Waals surface area contributed by atoms with Crippen LogP contribution in [0.15, 0.2) is 6.07 Å². The van der Waals surface area contributed by atoms with E-state index >= 15 is 0 Å². The van der Waals surface area contributed by atoms with Gasteiger partial charge in [-0.2, -0.15) is 0 Å². The topological polar surface area (TPSA) is 63.8 Å². The number of aryl methyl sites for hydroxylation is 2. The molecule has 1 aliphatic rings. The van der Waals surface area contributed by atoms with Crippen molar-refractivity contribution in [1.82, 2.24) is 9.97 Å². The van der Waals surface area contributed by atoms with Crippen LogP contribution in [0.25, 0.3) is 0 Å². The monoisotopic (exact) mass is 248 g/mol. The molecule has 1 heterocycles. The van der Waals surface area contributed by atoms with Crippen LogP contribution >= 0.6 is 0 Å². The first-order chi connectivity index (χ1) is 8.72. The second kappa shape index (κ2) is 6.14. The summed E-state index contributed by atoms with van der Waals surface area (Å²) >= 11 is 0. The Balaban J connectivity index is 2.09. The molecule has 0 aromatic carbocycles. The van der Waals surface area contributed by atoms with Crippen molar-refractivity contribution in [2.75, 3.05) is 11.9 Å². The molecule has 2 unspecified atom stereocenters. The van der Waals surface area contributed by atoms with Gasteiger partial charge in [-0.15, -0.1) is 0 Å². The molecule has 100 valence electrons. The third-order valence-corrected chi connectivity index (χ3v) is 3.76. The standard InChI is InChI=1S/C14H24N4/c1-3-13-16-10(2)8-14(18-13)17-12-7-5-4-6-11(12)9-15/h8,11-12H,3-7,9,15H2,1-2H3,(H,16,17,18). The molecule has 2 atom stereocenters. The van der Waals surface area contributed by atoms with Crippen molar-refractivity contribution in [2.24, 2.45) is 11.7 Å². The van der Waals surface area contributed by atoms with E-state index in [9.17, 15) is 0 Å². The van der Waals surface area contributed by atoms with Crippen LogP contribution in [0.2, 0.25) is 0 Å². The van der Waals surface area contributed by atoms with Crippen molar-refractivity contribution in [1.29, 1.82) is 0 Å². The first kappa shape index (κ1) is 13.3. The van der Waals surface area contributed by atoms with E-state index in [4.69, 9.17) is 5.73 Å². The van der Waals surface area contributed by atoms with Gasteiger partial charge in [-0.3, -0.25) is 0 Å². The van der Waals surface area contributed by atoms with Gasteiger partial charge in [-0.1, -0.05) is 19.8 Å². The van der Waals surface area contributed by atoms with E-state index in [0.717, 1.165) is 30.3 Å². The lowest BCUT2D eigenvalue weighted by molar-refractivity contribution is 0.332. The molecule has 18 heavy (non-hydrogen) atoms. The van der Waals surface area contributed by atoms with Gasteiger partial charge in [0.05, 0.1) is 0 Å². The summed E-state index contributed by atoms with van der Waals surface area (Å²) in [6.45, 7) is 4.87. The molecule has 0 radical (unpaired) electrons. The van der Waals surface area contributed by atoms with Crippen molar-refractivity contribution >= 4 is 5.82 Å². The number of nitrogens with zero attached hydrogens (tertiary/aromatic N) is 2. The molecule has 0 aliphatic heterocycles. The van der Waals surface area contributed by atoms with E-state index in [1.807, 2.05) is 13.0 Å². The van der Waals surface area contributed by atoms with Crippen molar-refractivity contribution < 1.29 is 0 Å². The summed E-state index contributed by atoms with van der Waals surface area (Å²) in [4.78, 5) is 8.96. The number of hydrogen-bond acceptors (Lipinski definition) is 4. The van der Waals surface area contributed by atoms with Gasteiger partial charge in [0.25, 0.3) is 0 Å². The minimum Gasteiger partial charge on any atom is -0.367 e. The molecule has 1 aromatic heterocycles. The highest BCUT2D eigenvalue weighted by atomic mass is 15.1. The normalized spacial score (nSPS) is 23.9. The number of rotatable bonds is 4. The molecule has 1 saturated carbocycles. The van der Waals surface area contributed by atoms with Crippen LogP contribution in [0.4, 0.5) is 5.82 Å². The van der Waals surface area contributed by atoms with Crippen molar-refractivity contribution in [3.63, 3.8) is 0 Å². The largest absolute Gasteiger partial charge is 0.367 e. The predicted molar refractivity (Wildman–Crippen MR) is 74.6 cm³/mol. The Hall–Kier alpha value is -1.16. The maximum atomic E-state index is 5.86. The summed E-state index contributed by atoms with van der Waals surface area (Å²) in [6.07, 6.45) is 5.91. The minimum absolute atomic E-state index is 0.475. The molecule has 0 spiro atoms. The Bertz CT molecular complexity index is 391. The van der Waals surface area contributed by atoms with Crippen molar-refractivity contribution in [2.45, 2.75) is 52.0 Å². The lowest BCUT2D eigenvalue weighted by Gasteiger charge is -2.31. The van der Waals surface area contributed by atoms with Gasteiger partial charge in [-0.25, -0.2) is 9.97 Å². The average molecular weight is 248 g/mol. The zero-order chi connectivity index (χ0) is 13.0.